The van der Waals surface area contributed by atoms with E-state index in [2.05, 4.69) is 4.72 Å². The SMILES string of the molecule is CCC(CO)NS(=O)(=O)CCCCCl. The standard InChI is InChI=1S/C8H18ClNO3S/c1-2-8(7-11)10-14(12,13)6-4-3-5-9/h8,10-11H,2-7H2,1H3. The highest BCUT2D eigenvalue weighted by Crippen LogP contribution is 1.99. The second-order valence-corrected chi connectivity index (χ2v) is 5.37. The number of aliphatic hydroxyl groups excluding tert-OH is 1. The summed E-state index contributed by atoms with van der Waals surface area (Å²) in [6.07, 6.45) is 1.84. The molecular weight excluding hydrogens is 226 g/mol. The smallest absolute Gasteiger partial charge is 0.211 e. The maximum Gasteiger partial charge on any atom is 0.211 e. The Bertz CT molecular complexity index is 227. The Morgan fingerprint density at radius 1 is 1.43 bits per heavy atom. The largest absolute Gasteiger partial charge is 0.395 e. The van der Waals surface area contributed by atoms with Gasteiger partial charge in [-0.05, 0) is 19.3 Å². The van der Waals surface area contributed by atoms with E-state index in [-0.39, 0.29) is 18.4 Å². The fourth-order valence-corrected chi connectivity index (χ4v) is 2.59. The van der Waals surface area contributed by atoms with Crippen molar-refractivity contribution in [2.24, 2.45) is 0 Å². The van der Waals surface area contributed by atoms with Crippen molar-refractivity contribution >= 4 is 21.6 Å². The van der Waals surface area contributed by atoms with Crippen molar-refractivity contribution in [3.8, 4) is 0 Å². The van der Waals surface area contributed by atoms with Gasteiger partial charge in [-0.15, -0.1) is 11.6 Å². The third-order valence-corrected chi connectivity index (χ3v) is 3.64. The van der Waals surface area contributed by atoms with Gasteiger partial charge < -0.3 is 5.11 Å². The molecule has 0 amide bonds. The van der Waals surface area contributed by atoms with Crippen LogP contribution in [-0.4, -0.2) is 37.8 Å². The average molecular weight is 244 g/mol. The van der Waals surface area contributed by atoms with Gasteiger partial charge in [-0.3, -0.25) is 0 Å². The summed E-state index contributed by atoms with van der Waals surface area (Å²) < 4.78 is 25.2. The summed E-state index contributed by atoms with van der Waals surface area (Å²) in [6.45, 7) is 1.66. The summed E-state index contributed by atoms with van der Waals surface area (Å²) in [5, 5.41) is 8.81. The number of hydrogen-bond acceptors (Lipinski definition) is 3. The summed E-state index contributed by atoms with van der Waals surface area (Å²) in [6, 6.07) is -0.365. The van der Waals surface area contributed by atoms with Gasteiger partial charge in [0.25, 0.3) is 0 Å². The van der Waals surface area contributed by atoms with E-state index in [0.29, 0.717) is 25.1 Å². The van der Waals surface area contributed by atoms with Crippen LogP contribution in [-0.2, 0) is 10.0 Å². The predicted molar refractivity (Wildman–Crippen MR) is 58.0 cm³/mol. The first kappa shape index (κ1) is 14.2. The first-order valence-corrected chi connectivity index (χ1v) is 6.91. The lowest BCUT2D eigenvalue weighted by Crippen LogP contribution is -2.38. The molecule has 0 aliphatic carbocycles. The summed E-state index contributed by atoms with van der Waals surface area (Å²) in [5.74, 6) is 0.558. The second kappa shape index (κ2) is 7.45. The van der Waals surface area contributed by atoms with Gasteiger partial charge in [0.05, 0.1) is 12.4 Å². The Hall–Kier alpha value is 0.160. The van der Waals surface area contributed by atoms with Crippen molar-refractivity contribution in [3.63, 3.8) is 0 Å². The maximum absolute atomic E-state index is 11.4. The minimum Gasteiger partial charge on any atom is -0.395 e. The van der Waals surface area contributed by atoms with E-state index in [1.54, 1.807) is 0 Å². The Kier molecular flexibility index (Phi) is 7.54. The first-order valence-electron chi connectivity index (χ1n) is 4.72. The Morgan fingerprint density at radius 3 is 2.50 bits per heavy atom. The molecule has 0 aromatic heterocycles. The molecule has 0 aliphatic rings. The molecule has 0 spiro atoms. The molecule has 0 saturated carbocycles. The van der Waals surface area contributed by atoms with Gasteiger partial charge >= 0.3 is 0 Å². The van der Waals surface area contributed by atoms with Crippen molar-refractivity contribution < 1.29 is 13.5 Å². The van der Waals surface area contributed by atoms with Crippen LogP contribution < -0.4 is 4.72 Å². The fraction of sp³-hybridized carbons (Fsp3) is 1.00. The Balaban J connectivity index is 3.93. The van der Waals surface area contributed by atoms with E-state index in [0.717, 1.165) is 0 Å². The van der Waals surface area contributed by atoms with Crippen LogP contribution in [0.2, 0.25) is 0 Å². The van der Waals surface area contributed by atoms with Crippen LogP contribution in [0, 0.1) is 0 Å². The number of alkyl halides is 1. The van der Waals surface area contributed by atoms with E-state index >= 15 is 0 Å². The van der Waals surface area contributed by atoms with Gasteiger partial charge in [0, 0.05) is 11.9 Å². The highest BCUT2D eigenvalue weighted by molar-refractivity contribution is 7.89. The molecule has 2 N–H and O–H groups in total. The monoisotopic (exact) mass is 243 g/mol. The predicted octanol–water partition coefficient (Wildman–Crippen LogP) is 0.696. The van der Waals surface area contributed by atoms with Crippen LogP contribution in [0.1, 0.15) is 26.2 Å². The number of hydrogen-bond donors (Lipinski definition) is 2. The van der Waals surface area contributed by atoms with Gasteiger partial charge in [0.1, 0.15) is 0 Å². The van der Waals surface area contributed by atoms with E-state index < -0.39 is 10.0 Å². The molecule has 0 heterocycles. The minimum atomic E-state index is -3.25. The first-order chi connectivity index (χ1) is 6.55. The van der Waals surface area contributed by atoms with Crippen LogP contribution in [0.5, 0.6) is 0 Å². The molecule has 0 bridgehead atoms. The summed E-state index contributed by atoms with van der Waals surface area (Å²) >= 11 is 5.44. The summed E-state index contributed by atoms with van der Waals surface area (Å²) in [5.41, 5.74) is 0. The van der Waals surface area contributed by atoms with E-state index in [4.69, 9.17) is 16.7 Å². The van der Waals surface area contributed by atoms with Crippen LogP contribution in [0.25, 0.3) is 0 Å². The maximum atomic E-state index is 11.4. The zero-order valence-corrected chi connectivity index (χ0v) is 9.94. The highest BCUT2D eigenvalue weighted by Gasteiger charge is 2.14. The van der Waals surface area contributed by atoms with Crippen LogP contribution in [0.4, 0.5) is 0 Å². The van der Waals surface area contributed by atoms with Crippen molar-refractivity contribution in [3.05, 3.63) is 0 Å². The van der Waals surface area contributed by atoms with Gasteiger partial charge in [0.2, 0.25) is 10.0 Å². The molecule has 0 aromatic carbocycles. The number of unbranched alkanes of at least 4 members (excludes halogenated alkanes) is 1. The zero-order chi connectivity index (χ0) is 11.0. The van der Waals surface area contributed by atoms with Gasteiger partial charge in [0.15, 0.2) is 0 Å². The third kappa shape index (κ3) is 6.59. The zero-order valence-electron chi connectivity index (χ0n) is 8.37. The van der Waals surface area contributed by atoms with Crippen molar-refractivity contribution in [1.82, 2.24) is 4.72 Å². The molecule has 0 rings (SSSR count). The number of rotatable bonds is 8. The molecule has 1 unspecified atom stereocenters. The van der Waals surface area contributed by atoms with Gasteiger partial charge in [-0.25, -0.2) is 13.1 Å². The molecule has 4 nitrogen and oxygen atoms in total. The van der Waals surface area contributed by atoms with Crippen LogP contribution in [0.3, 0.4) is 0 Å². The average Bonchev–Trinajstić information content (AvgIpc) is 2.14. The summed E-state index contributed by atoms with van der Waals surface area (Å²) in [4.78, 5) is 0. The Labute approximate surface area is 90.7 Å². The van der Waals surface area contributed by atoms with Crippen molar-refractivity contribution in [2.75, 3.05) is 18.2 Å². The number of aliphatic hydroxyl groups is 1. The minimum absolute atomic E-state index is 0.0796. The lowest BCUT2D eigenvalue weighted by atomic mass is 10.3. The molecular formula is C8H18ClNO3S. The van der Waals surface area contributed by atoms with Gasteiger partial charge in [-0.2, -0.15) is 0 Å². The number of nitrogens with one attached hydrogen (secondary N) is 1. The molecule has 0 fully saturated rings. The normalized spacial score (nSPS) is 14.2. The number of halogens is 1. The molecule has 86 valence electrons. The van der Waals surface area contributed by atoms with Gasteiger partial charge in [-0.1, -0.05) is 6.92 Å². The molecule has 0 saturated heterocycles. The molecule has 0 aliphatic heterocycles. The second-order valence-electron chi connectivity index (χ2n) is 3.12. The number of sulfonamides is 1. The highest BCUT2D eigenvalue weighted by atomic mass is 35.5. The molecule has 0 aromatic rings. The van der Waals surface area contributed by atoms with Crippen molar-refractivity contribution in [1.29, 1.82) is 0 Å². The molecule has 1 atom stereocenters. The topological polar surface area (TPSA) is 66.4 Å². The van der Waals surface area contributed by atoms with Crippen molar-refractivity contribution in [2.45, 2.75) is 32.2 Å². The lowest BCUT2D eigenvalue weighted by molar-refractivity contribution is 0.254. The Morgan fingerprint density at radius 2 is 2.07 bits per heavy atom. The molecule has 6 heteroatoms. The molecule has 0 radical (unpaired) electrons. The van der Waals surface area contributed by atoms with Crippen LogP contribution in [0.15, 0.2) is 0 Å². The summed E-state index contributed by atoms with van der Waals surface area (Å²) in [7, 11) is -3.25. The van der Waals surface area contributed by atoms with Crippen LogP contribution >= 0.6 is 11.6 Å². The third-order valence-electron chi connectivity index (χ3n) is 1.86. The lowest BCUT2D eigenvalue weighted by Gasteiger charge is -2.13. The van der Waals surface area contributed by atoms with E-state index in [1.165, 1.54) is 0 Å². The van der Waals surface area contributed by atoms with E-state index in [1.807, 2.05) is 6.92 Å². The quantitative estimate of drug-likeness (QED) is 0.487. The van der Waals surface area contributed by atoms with E-state index in [9.17, 15) is 8.42 Å². The fourth-order valence-electron chi connectivity index (χ4n) is 0.949. The molecule has 14 heavy (non-hydrogen) atoms.